The van der Waals surface area contributed by atoms with Crippen LogP contribution in [0.5, 0.6) is 0 Å². The predicted molar refractivity (Wildman–Crippen MR) is 251 cm³/mol. The molecule has 63 heavy (non-hydrogen) atoms. The van der Waals surface area contributed by atoms with E-state index in [0.717, 1.165) is 115 Å². The van der Waals surface area contributed by atoms with Gasteiger partial charge in [-0.15, -0.1) is 0 Å². The summed E-state index contributed by atoms with van der Waals surface area (Å²) in [6, 6.07) is 14.1. The second-order valence-corrected chi connectivity index (χ2v) is 17.7. The number of aromatic nitrogens is 9. The fourth-order valence-electron chi connectivity index (χ4n) is 8.82. The van der Waals surface area contributed by atoms with Gasteiger partial charge in [-0.25, -0.2) is 9.59 Å². The van der Waals surface area contributed by atoms with Crippen LogP contribution in [0, 0.1) is 9.49 Å². The zero-order chi connectivity index (χ0) is 44.4. The van der Waals surface area contributed by atoms with Crippen LogP contribution in [0.25, 0.3) is 22.3 Å². The van der Waals surface area contributed by atoms with Crippen LogP contribution in [0.2, 0.25) is 0 Å². The van der Waals surface area contributed by atoms with Crippen molar-refractivity contribution in [3.63, 3.8) is 0 Å². The minimum absolute atomic E-state index is 0.0121. The van der Waals surface area contributed by atoms with E-state index in [1.807, 2.05) is 39.9 Å². The first-order valence-corrected chi connectivity index (χ1v) is 22.7. The van der Waals surface area contributed by atoms with Gasteiger partial charge in [0, 0.05) is 103 Å². The highest BCUT2D eigenvalue weighted by Crippen LogP contribution is 2.26. The molecule has 2 N–H and O–H groups in total. The standard InChI is InChI=1S/C25H28IN7O2.C18H27N7O3/c1-30-22-21(23(34)31(2)25(30)35)33(16-18-7-3-4-9-20(18)26)24(29-22)32-12-11-27-14-17(15-32)13-19-8-5-6-10-28-19;1-21-15-14(16(27)22(2)18(21)28)25(12-13(26)23-8-3-4-9-23)17(20-15)24-10-5-6-19-7-11-24/h3-10,17,27H,11-16H2,1-2H3;19H,3-12H2,1-2H3. The number of hydrogen-bond donors (Lipinski definition) is 2. The van der Waals surface area contributed by atoms with Crippen LogP contribution in [0.15, 0.2) is 67.8 Å². The summed E-state index contributed by atoms with van der Waals surface area (Å²) < 4.78 is 9.90. The molecule has 1 unspecified atom stereocenters. The third-order valence-electron chi connectivity index (χ3n) is 12.3. The van der Waals surface area contributed by atoms with Gasteiger partial charge in [0.2, 0.25) is 17.8 Å². The van der Waals surface area contributed by atoms with Gasteiger partial charge in [0.05, 0.1) is 6.54 Å². The number of halogens is 1. The summed E-state index contributed by atoms with van der Waals surface area (Å²) in [5.74, 6) is 1.61. The number of nitrogens with one attached hydrogen (secondary N) is 2. The Labute approximate surface area is 377 Å². The molecule has 1 aromatic carbocycles. The Hall–Kier alpha value is -5.61. The maximum absolute atomic E-state index is 13.3. The number of amides is 1. The van der Waals surface area contributed by atoms with Crippen molar-refractivity contribution < 1.29 is 4.79 Å². The molecule has 3 saturated heterocycles. The number of anilines is 2. The van der Waals surface area contributed by atoms with Gasteiger partial charge < -0.3 is 25.3 Å². The van der Waals surface area contributed by atoms with Crippen molar-refractivity contribution in [1.82, 2.24) is 57.9 Å². The molecule has 6 aromatic rings. The van der Waals surface area contributed by atoms with E-state index in [1.54, 1.807) is 18.7 Å². The number of aryl methyl sites for hydroxylation is 2. The van der Waals surface area contributed by atoms with Crippen LogP contribution in [0.1, 0.15) is 30.5 Å². The monoisotopic (exact) mass is 974 g/mol. The number of imidazole rings is 2. The van der Waals surface area contributed by atoms with Crippen LogP contribution in [-0.2, 0) is 52.5 Å². The summed E-state index contributed by atoms with van der Waals surface area (Å²) in [6.07, 6.45) is 5.64. The number of likely N-dealkylation sites (tertiary alicyclic amines) is 1. The molecule has 0 aliphatic carbocycles. The molecular weight excluding hydrogens is 919 g/mol. The van der Waals surface area contributed by atoms with E-state index in [2.05, 4.69) is 71.2 Å². The van der Waals surface area contributed by atoms with Gasteiger partial charge in [0.1, 0.15) is 6.54 Å². The minimum atomic E-state index is -0.419. The quantitative estimate of drug-likeness (QED) is 0.203. The van der Waals surface area contributed by atoms with Crippen molar-refractivity contribution in [2.24, 2.45) is 34.1 Å². The largest absolute Gasteiger partial charge is 0.341 e. The van der Waals surface area contributed by atoms with Crippen LogP contribution >= 0.6 is 22.6 Å². The molecule has 3 aliphatic rings. The molecule has 334 valence electrons. The van der Waals surface area contributed by atoms with Gasteiger partial charge in [0.15, 0.2) is 22.3 Å². The zero-order valence-corrected chi connectivity index (χ0v) is 38.5. The Morgan fingerprint density at radius 2 is 1.32 bits per heavy atom. The van der Waals surface area contributed by atoms with Crippen LogP contribution < -0.4 is 42.9 Å². The summed E-state index contributed by atoms with van der Waals surface area (Å²) in [7, 11) is 6.26. The molecular formula is C43H55IN14O5. The number of benzene rings is 1. The third kappa shape index (κ3) is 8.97. The molecule has 0 radical (unpaired) electrons. The van der Waals surface area contributed by atoms with Crippen molar-refractivity contribution in [1.29, 1.82) is 0 Å². The number of rotatable bonds is 8. The van der Waals surface area contributed by atoms with E-state index in [0.29, 0.717) is 46.7 Å². The third-order valence-corrected chi connectivity index (χ3v) is 13.3. The highest BCUT2D eigenvalue weighted by Gasteiger charge is 2.29. The molecule has 0 spiro atoms. The SMILES string of the molecule is Cn1c(=O)c2c(nc(N3CCCNCC3)n2CC(=O)N2CCCC2)n(C)c1=O.Cn1c(=O)c2c(nc(N3CCNCC(Cc4ccccn4)C3)n2Cc2ccccc2I)n(C)c1=O. The predicted octanol–water partition coefficient (Wildman–Crippen LogP) is 0.606. The van der Waals surface area contributed by atoms with E-state index in [4.69, 9.17) is 4.98 Å². The number of carbonyl (C=O) groups excluding carboxylic acids is 1. The fourth-order valence-corrected chi connectivity index (χ4v) is 9.38. The molecule has 5 aromatic heterocycles. The molecule has 3 aliphatic heterocycles. The Balaban J connectivity index is 0.000000177. The molecule has 3 fully saturated rings. The van der Waals surface area contributed by atoms with E-state index in [-0.39, 0.29) is 23.7 Å². The van der Waals surface area contributed by atoms with Crippen LogP contribution in [0.4, 0.5) is 11.9 Å². The normalized spacial score (nSPS) is 17.2. The second kappa shape index (κ2) is 19.0. The van der Waals surface area contributed by atoms with Crippen molar-refractivity contribution >= 4 is 62.7 Å². The summed E-state index contributed by atoms with van der Waals surface area (Å²) >= 11 is 2.32. The second-order valence-electron chi connectivity index (χ2n) is 16.6. The maximum Gasteiger partial charge on any atom is 0.332 e. The van der Waals surface area contributed by atoms with Gasteiger partial charge in [-0.3, -0.25) is 46.8 Å². The number of pyridine rings is 1. The number of fused-ring (bicyclic) bond motifs is 2. The first kappa shape index (κ1) is 44.0. The zero-order valence-electron chi connectivity index (χ0n) is 36.3. The molecule has 9 rings (SSSR count). The van der Waals surface area contributed by atoms with Gasteiger partial charge in [0.25, 0.3) is 11.1 Å². The Kier molecular flexibility index (Phi) is 13.3. The fraction of sp³-hybridized carbons (Fsp3) is 0.488. The Morgan fingerprint density at radius 1 is 0.698 bits per heavy atom. The number of nitrogens with zero attached hydrogens (tertiary/aromatic N) is 12. The van der Waals surface area contributed by atoms with Crippen molar-refractivity contribution in [2.75, 3.05) is 75.2 Å². The van der Waals surface area contributed by atoms with E-state index >= 15 is 0 Å². The number of hydrogen-bond acceptors (Lipinski definition) is 12. The summed E-state index contributed by atoms with van der Waals surface area (Å²) in [6.45, 7) is 8.51. The number of carbonyl (C=O) groups is 1. The average molecular weight is 975 g/mol. The van der Waals surface area contributed by atoms with E-state index in [1.165, 1.54) is 23.2 Å². The lowest BCUT2D eigenvalue weighted by molar-refractivity contribution is -0.130. The molecule has 1 amide bonds. The first-order chi connectivity index (χ1) is 30.4. The smallest absolute Gasteiger partial charge is 0.332 e. The minimum Gasteiger partial charge on any atom is -0.341 e. The highest BCUT2D eigenvalue weighted by molar-refractivity contribution is 14.1. The maximum atomic E-state index is 13.3. The highest BCUT2D eigenvalue weighted by atomic mass is 127. The van der Waals surface area contributed by atoms with Crippen molar-refractivity contribution in [2.45, 2.75) is 38.8 Å². The Bertz CT molecular complexity index is 2860. The summed E-state index contributed by atoms with van der Waals surface area (Å²) in [5, 5.41) is 6.89. The summed E-state index contributed by atoms with van der Waals surface area (Å²) in [5.41, 5.74) is 2.12. The first-order valence-electron chi connectivity index (χ1n) is 21.6. The molecule has 1 atom stereocenters. The van der Waals surface area contributed by atoms with Crippen molar-refractivity contribution in [3.05, 3.63) is 105 Å². The van der Waals surface area contributed by atoms with E-state index < -0.39 is 11.2 Å². The molecule has 0 saturated carbocycles. The van der Waals surface area contributed by atoms with Crippen LogP contribution in [0.3, 0.4) is 0 Å². The van der Waals surface area contributed by atoms with Gasteiger partial charge in [-0.1, -0.05) is 24.3 Å². The lowest BCUT2D eigenvalue weighted by atomic mass is 10.0. The topological polar surface area (TPSA) is 187 Å². The van der Waals surface area contributed by atoms with Crippen LogP contribution in [-0.4, -0.2) is 119 Å². The van der Waals surface area contributed by atoms with Gasteiger partial charge in [-0.2, -0.15) is 9.97 Å². The lowest BCUT2D eigenvalue weighted by Crippen LogP contribution is -2.38. The molecule has 0 bridgehead atoms. The molecule has 20 heteroatoms. The van der Waals surface area contributed by atoms with Gasteiger partial charge in [-0.05, 0) is 84.5 Å². The lowest BCUT2D eigenvalue weighted by Gasteiger charge is -2.26. The Morgan fingerprint density at radius 3 is 1.98 bits per heavy atom. The molecule has 8 heterocycles. The molecule has 19 nitrogen and oxygen atoms in total. The van der Waals surface area contributed by atoms with Crippen molar-refractivity contribution in [3.8, 4) is 0 Å². The van der Waals surface area contributed by atoms with Gasteiger partial charge >= 0.3 is 11.4 Å². The average Bonchev–Trinajstić information content (AvgIpc) is 3.94. The van der Waals surface area contributed by atoms with E-state index in [9.17, 15) is 24.0 Å². The summed E-state index contributed by atoms with van der Waals surface area (Å²) in [4.78, 5) is 84.4.